The average molecular weight is 340 g/mol. The number of nitrogens with one attached hydrogen (secondary N) is 2. The summed E-state index contributed by atoms with van der Waals surface area (Å²) < 4.78 is 5.24. The van der Waals surface area contributed by atoms with Crippen LogP contribution in [0.2, 0.25) is 0 Å². The molecule has 1 amide bonds. The van der Waals surface area contributed by atoms with Gasteiger partial charge in [-0.05, 0) is 37.1 Å². The van der Waals surface area contributed by atoms with E-state index in [-0.39, 0.29) is 11.6 Å². The highest BCUT2D eigenvalue weighted by atomic mass is 16.5. The van der Waals surface area contributed by atoms with Crippen LogP contribution in [0, 0.1) is 0 Å². The standard InChI is InChI=1S/C19H24N4O2/c1-25-17-11-7-6-10-15(17)21-19(24)16-12-13-18(23-22-16)20-14-8-4-2-3-5-9-14/h6-7,10-14H,2-5,8-9H2,1H3,(H,20,23)(H,21,24). The average Bonchev–Trinajstić information content (AvgIpc) is 2.91. The third-order valence-corrected chi connectivity index (χ3v) is 4.46. The molecule has 0 spiro atoms. The lowest BCUT2D eigenvalue weighted by atomic mass is 10.1. The molecule has 6 heteroatoms. The van der Waals surface area contributed by atoms with Crippen molar-refractivity contribution in [1.29, 1.82) is 0 Å². The van der Waals surface area contributed by atoms with Crippen LogP contribution in [0.25, 0.3) is 0 Å². The Morgan fingerprint density at radius 2 is 1.80 bits per heavy atom. The Morgan fingerprint density at radius 1 is 1.04 bits per heavy atom. The van der Waals surface area contributed by atoms with Gasteiger partial charge in [-0.1, -0.05) is 37.8 Å². The molecule has 1 fully saturated rings. The summed E-state index contributed by atoms with van der Waals surface area (Å²) in [6, 6.07) is 11.2. The number of aromatic nitrogens is 2. The minimum atomic E-state index is -0.307. The van der Waals surface area contributed by atoms with Crippen LogP contribution >= 0.6 is 0 Å². The van der Waals surface area contributed by atoms with Gasteiger partial charge < -0.3 is 15.4 Å². The number of rotatable bonds is 5. The van der Waals surface area contributed by atoms with Gasteiger partial charge in [0.15, 0.2) is 5.69 Å². The lowest BCUT2D eigenvalue weighted by Crippen LogP contribution is -2.20. The fourth-order valence-corrected chi connectivity index (χ4v) is 3.10. The highest BCUT2D eigenvalue weighted by Crippen LogP contribution is 2.24. The topological polar surface area (TPSA) is 76.1 Å². The third-order valence-electron chi connectivity index (χ3n) is 4.46. The zero-order valence-corrected chi connectivity index (χ0v) is 14.5. The summed E-state index contributed by atoms with van der Waals surface area (Å²) >= 11 is 0. The first-order chi connectivity index (χ1) is 12.3. The normalized spacial score (nSPS) is 15.2. The van der Waals surface area contributed by atoms with Crippen molar-refractivity contribution >= 4 is 17.4 Å². The van der Waals surface area contributed by atoms with Gasteiger partial charge in [-0.2, -0.15) is 0 Å². The van der Waals surface area contributed by atoms with E-state index in [1.807, 2.05) is 18.2 Å². The van der Waals surface area contributed by atoms with E-state index in [0.29, 0.717) is 17.5 Å². The van der Waals surface area contributed by atoms with E-state index in [1.165, 1.54) is 25.7 Å². The summed E-state index contributed by atoms with van der Waals surface area (Å²) in [5.41, 5.74) is 0.884. The molecular weight excluding hydrogens is 316 g/mol. The highest BCUT2D eigenvalue weighted by molar-refractivity contribution is 6.03. The predicted octanol–water partition coefficient (Wildman–Crippen LogP) is 3.87. The highest BCUT2D eigenvalue weighted by Gasteiger charge is 2.14. The molecule has 0 aliphatic heterocycles. The summed E-state index contributed by atoms with van der Waals surface area (Å²) in [5, 5.41) is 14.4. The summed E-state index contributed by atoms with van der Waals surface area (Å²) in [5.74, 6) is 1.02. The quantitative estimate of drug-likeness (QED) is 0.808. The summed E-state index contributed by atoms with van der Waals surface area (Å²) in [6.45, 7) is 0. The Balaban J connectivity index is 1.62. The number of amides is 1. The summed E-state index contributed by atoms with van der Waals surface area (Å²) in [6.07, 6.45) is 7.46. The number of para-hydroxylation sites is 2. The minimum Gasteiger partial charge on any atom is -0.495 e. The van der Waals surface area contributed by atoms with Crippen LogP contribution in [-0.2, 0) is 0 Å². The fraction of sp³-hybridized carbons (Fsp3) is 0.421. The smallest absolute Gasteiger partial charge is 0.276 e. The van der Waals surface area contributed by atoms with Crippen molar-refractivity contribution in [3.05, 3.63) is 42.1 Å². The van der Waals surface area contributed by atoms with Crippen LogP contribution in [0.3, 0.4) is 0 Å². The molecule has 1 aromatic carbocycles. The second-order valence-corrected chi connectivity index (χ2v) is 6.29. The van der Waals surface area contributed by atoms with E-state index in [9.17, 15) is 4.79 Å². The lowest BCUT2D eigenvalue weighted by Gasteiger charge is -2.16. The van der Waals surface area contributed by atoms with E-state index >= 15 is 0 Å². The van der Waals surface area contributed by atoms with Crippen LogP contribution in [0.15, 0.2) is 36.4 Å². The molecule has 1 aromatic heterocycles. The molecule has 6 nitrogen and oxygen atoms in total. The van der Waals surface area contributed by atoms with Gasteiger partial charge in [0.1, 0.15) is 11.6 Å². The Labute approximate surface area is 148 Å². The maximum Gasteiger partial charge on any atom is 0.276 e. The Morgan fingerprint density at radius 3 is 2.48 bits per heavy atom. The second-order valence-electron chi connectivity index (χ2n) is 6.29. The van der Waals surface area contributed by atoms with Crippen LogP contribution in [0.4, 0.5) is 11.5 Å². The van der Waals surface area contributed by atoms with E-state index in [2.05, 4.69) is 20.8 Å². The Hall–Kier alpha value is -2.63. The molecule has 0 radical (unpaired) electrons. The molecule has 0 unspecified atom stereocenters. The number of ether oxygens (including phenoxy) is 1. The first-order valence-electron chi connectivity index (χ1n) is 8.81. The van der Waals surface area contributed by atoms with Gasteiger partial charge in [0.25, 0.3) is 5.91 Å². The van der Waals surface area contributed by atoms with Crippen LogP contribution in [0.1, 0.15) is 49.0 Å². The molecular formula is C19H24N4O2. The molecule has 3 rings (SSSR count). The number of hydrogen-bond donors (Lipinski definition) is 2. The molecule has 0 saturated heterocycles. The van der Waals surface area contributed by atoms with E-state index in [4.69, 9.17) is 4.74 Å². The monoisotopic (exact) mass is 340 g/mol. The number of anilines is 2. The lowest BCUT2D eigenvalue weighted by molar-refractivity contribution is 0.102. The van der Waals surface area contributed by atoms with Gasteiger partial charge in [0.2, 0.25) is 0 Å². The number of carbonyl (C=O) groups excluding carboxylic acids is 1. The molecule has 132 valence electrons. The van der Waals surface area contributed by atoms with Crippen molar-refractivity contribution in [2.24, 2.45) is 0 Å². The van der Waals surface area contributed by atoms with Gasteiger partial charge in [-0.25, -0.2) is 0 Å². The number of nitrogens with zero attached hydrogens (tertiary/aromatic N) is 2. The maximum atomic E-state index is 12.3. The Bertz CT molecular complexity index is 695. The van der Waals surface area contributed by atoms with Crippen LogP contribution < -0.4 is 15.4 Å². The zero-order chi connectivity index (χ0) is 17.5. The van der Waals surface area contributed by atoms with Gasteiger partial charge >= 0.3 is 0 Å². The summed E-state index contributed by atoms with van der Waals surface area (Å²) in [7, 11) is 1.57. The molecule has 1 aliphatic carbocycles. The fourth-order valence-electron chi connectivity index (χ4n) is 3.10. The molecule has 25 heavy (non-hydrogen) atoms. The first kappa shape index (κ1) is 17.2. The van der Waals surface area contributed by atoms with Gasteiger partial charge in [0.05, 0.1) is 12.8 Å². The van der Waals surface area contributed by atoms with Crippen molar-refractivity contribution in [2.75, 3.05) is 17.7 Å². The molecule has 2 aromatic rings. The minimum absolute atomic E-state index is 0.275. The SMILES string of the molecule is COc1ccccc1NC(=O)c1ccc(NC2CCCCCC2)nn1. The third kappa shape index (κ3) is 4.68. The van der Waals surface area contributed by atoms with Crippen LogP contribution in [0.5, 0.6) is 5.75 Å². The molecule has 2 N–H and O–H groups in total. The molecule has 1 saturated carbocycles. The van der Waals surface area contributed by atoms with E-state index in [1.54, 1.807) is 25.3 Å². The van der Waals surface area contributed by atoms with Crippen molar-refractivity contribution in [3.63, 3.8) is 0 Å². The van der Waals surface area contributed by atoms with Gasteiger partial charge in [0, 0.05) is 6.04 Å². The van der Waals surface area contributed by atoms with Crippen molar-refractivity contribution in [1.82, 2.24) is 10.2 Å². The molecule has 1 heterocycles. The number of hydrogen-bond acceptors (Lipinski definition) is 5. The van der Waals surface area contributed by atoms with Crippen molar-refractivity contribution < 1.29 is 9.53 Å². The molecule has 1 aliphatic rings. The van der Waals surface area contributed by atoms with Crippen molar-refractivity contribution in [2.45, 2.75) is 44.6 Å². The number of benzene rings is 1. The van der Waals surface area contributed by atoms with Crippen LogP contribution in [-0.4, -0.2) is 29.3 Å². The molecule has 0 bridgehead atoms. The van der Waals surface area contributed by atoms with E-state index < -0.39 is 0 Å². The van der Waals surface area contributed by atoms with Crippen molar-refractivity contribution in [3.8, 4) is 5.75 Å². The predicted molar refractivity (Wildman–Crippen MR) is 98.1 cm³/mol. The van der Waals surface area contributed by atoms with Gasteiger partial charge in [-0.15, -0.1) is 10.2 Å². The Kier molecular flexibility index (Phi) is 5.82. The number of carbonyl (C=O) groups is 1. The first-order valence-corrected chi connectivity index (χ1v) is 8.81. The number of methoxy groups -OCH3 is 1. The van der Waals surface area contributed by atoms with E-state index in [0.717, 1.165) is 18.7 Å². The van der Waals surface area contributed by atoms with Gasteiger partial charge in [-0.3, -0.25) is 4.79 Å². The largest absolute Gasteiger partial charge is 0.495 e. The molecule has 0 atom stereocenters. The zero-order valence-electron chi connectivity index (χ0n) is 14.5. The maximum absolute atomic E-state index is 12.3. The summed E-state index contributed by atoms with van der Waals surface area (Å²) in [4.78, 5) is 12.3. The second kappa shape index (κ2) is 8.46.